The van der Waals surface area contributed by atoms with Gasteiger partial charge in [0.25, 0.3) is 0 Å². The maximum Gasteiger partial charge on any atom is 0.335 e. The standard InChI is InChI=1S/C32H30ClF2N3O3/c33-24-6-4-22(28(35)17-24)3-1-20-2-7-27(34)26(15-20)21-9-12-37(13-10-21)19-31-36-29-8-5-23(32(39)40)16-30(29)38(31)18-25-11-14-41-25/h2,4-9,15-17,25H,1,3,10-14,18-19H2,(H,39,40)/t25-/m0/s1. The van der Waals surface area contributed by atoms with E-state index in [0.717, 1.165) is 47.6 Å². The maximum absolute atomic E-state index is 14.9. The van der Waals surface area contributed by atoms with E-state index in [0.29, 0.717) is 55.0 Å². The monoisotopic (exact) mass is 577 g/mol. The Morgan fingerprint density at radius 1 is 1.07 bits per heavy atom. The number of benzene rings is 3. The van der Waals surface area contributed by atoms with E-state index in [1.807, 2.05) is 6.07 Å². The largest absolute Gasteiger partial charge is 0.478 e. The van der Waals surface area contributed by atoms with Crippen LogP contribution in [0.4, 0.5) is 8.78 Å². The first-order chi connectivity index (χ1) is 19.8. The molecule has 2 aliphatic heterocycles. The van der Waals surface area contributed by atoms with Crippen LogP contribution in [0.15, 0.2) is 60.7 Å². The summed E-state index contributed by atoms with van der Waals surface area (Å²) >= 11 is 5.86. The van der Waals surface area contributed by atoms with Gasteiger partial charge in [-0.15, -0.1) is 0 Å². The third-order valence-corrected chi connectivity index (χ3v) is 8.22. The van der Waals surface area contributed by atoms with Crippen LogP contribution in [0.2, 0.25) is 5.02 Å². The zero-order chi connectivity index (χ0) is 28.5. The minimum Gasteiger partial charge on any atom is -0.478 e. The molecule has 9 heteroatoms. The summed E-state index contributed by atoms with van der Waals surface area (Å²) in [6.45, 7) is 3.32. The number of hydrogen-bond donors (Lipinski definition) is 1. The number of rotatable bonds is 9. The van der Waals surface area contributed by atoms with Crippen molar-refractivity contribution in [2.75, 3.05) is 19.7 Å². The molecule has 212 valence electrons. The normalized spacial score (nSPS) is 17.4. The van der Waals surface area contributed by atoms with Crippen LogP contribution in [0.25, 0.3) is 16.6 Å². The number of carbonyl (C=O) groups is 1. The van der Waals surface area contributed by atoms with Gasteiger partial charge < -0.3 is 14.4 Å². The van der Waals surface area contributed by atoms with Gasteiger partial charge in [-0.05, 0) is 84.8 Å². The lowest BCUT2D eigenvalue weighted by molar-refractivity contribution is -0.0591. The highest BCUT2D eigenvalue weighted by atomic mass is 35.5. The molecule has 3 aromatic carbocycles. The second kappa shape index (κ2) is 11.7. The van der Waals surface area contributed by atoms with Crippen molar-refractivity contribution in [3.63, 3.8) is 0 Å². The Balaban J connectivity index is 1.17. The van der Waals surface area contributed by atoms with Crippen LogP contribution in [0.1, 0.15) is 45.7 Å². The van der Waals surface area contributed by atoms with Crippen molar-refractivity contribution in [1.82, 2.24) is 14.5 Å². The van der Waals surface area contributed by atoms with E-state index in [9.17, 15) is 18.7 Å². The zero-order valence-corrected chi connectivity index (χ0v) is 23.2. The number of nitrogens with zero attached hydrogens (tertiary/aromatic N) is 3. The smallest absolute Gasteiger partial charge is 0.335 e. The molecule has 6 nitrogen and oxygen atoms in total. The van der Waals surface area contributed by atoms with Gasteiger partial charge >= 0.3 is 5.97 Å². The number of ether oxygens (including phenoxy) is 1. The van der Waals surface area contributed by atoms with Gasteiger partial charge in [-0.1, -0.05) is 29.8 Å². The Morgan fingerprint density at radius 3 is 2.63 bits per heavy atom. The number of aromatic nitrogens is 2. The molecule has 2 aliphatic rings. The van der Waals surface area contributed by atoms with Crippen molar-refractivity contribution in [3.05, 3.63) is 105 Å². The fourth-order valence-corrected chi connectivity index (χ4v) is 5.70. The molecule has 1 saturated heterocycles. The van der Waals surface area contributed by atoms with Crippen molar-refractivity contribution in [3.8, 4) is 0 Å². The number of aryl methyl sites for hydroxylation is 2. The summed E-state index contributed by atoms with van der Waals surface area (Å²) in [5, 5.41) is 9.85. The summed E-state index contributed by atoms with van der Waals surface area (Å²) < 4.78 is 36.8. The fraction of sp³-hybridized carbons (Fsp3) is 0.312. The van der Waals surface area contributed by atoms with E-state index in [1.165, 1.54) is 12.1 Å². The number of aromatic carboxylic acids is 1. The molecule has 0 radical (unpaired) electrons. The molecule has 41 heavy (non-hydrogen) atoms. The predicted octanol–water partition coefficient (Wildman–Crippen LogP) is 6.53. The van der Waals surface area contributed by atoms with Crippen LogP contribution in [0.3, 0.4) is 0 Å². The highest BCUT2D eigenvalue weighted by molar-refractivity contribution is 6.30. The molecule has 0 bridgehead atoms. The van der Waals surface area contributed by atoms with Gasteiger partial charge in [0.05, 0.1) is 35.8 Å². The van der Waals surface area contributed by atoms with Crippen molar-refractivity contribution < 1.29 is 23.4 Å². The predicted molar refractivity (Wildman–Crippen MR) is 154 cm³/mol. The van der Waals surface area contributed by atoms with Gasteiger partial charge in [0.2, 0.25) is 0 Å². The molecule has 1 atom stereocenters. The van der Waals surface area contributed by atoms with Crippen LogP contribution in [-0.2, 0) is 30.7 Å². The minimum absolute atomic E-state index is 0.0962. The van der Waals surface area contributed by atoms with Gasteiger partial charge in [-0.3, -0.25) is 4.90 Å². The molecule has 1 aromatic heterocycles. The number of carboxylic acids is 1. The van der Waals surface area contributed by atoms with Gasteiger partial charge in [0.1, 0.15) is 17.5 Å². The summed E-state index contributed by atoms with van der Waals surface area (Å²) in [6.07, 6.45) is 4.90. The molecular formula is C32H30ClF2N3O3. The van der Waals surface area contributed by atoms with Crippen LogP contribution in [-0.4, -0.2) is 51.3 Å². The summed E-state index contributed by atoms with van der Waals surface area (Å²) in [4.78, 5) is 18.7. The second-order valence-electron chi connectivity index (χ2n) is 10.7. The molecule has 1 N–H and O–H groups in total. The summed E-state index contributed by atoms with van der Waals surface area (Å²) in [5.74, 6) is -0.700. The first kappa shape index (κ1) is 27.6. The van der Waals surface area contributed by atoms with Gasteiger partial charge in [0.15, 0.2) is 0 Å². The van der Waals surface area contributed by atoms with Crippen LogP contribution >= 0.6 is 11.6 Å². The van der Waals surface area contributed by atoms with E-state index in [-0.39, 0.29) is 23.3 Å². The molecule has 6 rings (SSSR count). The van der Waals surface area contributed by atoms with Crippen molar-refractivity contribution >= 4 is 34.2 Å². The number of fused-ring (bicyclic) bond motifs is 1. The first-order valence-electron chi connectivity index (χ1n) is 13.8. The SMILES string of the molecule is O=C(O)c1ccc2nc(CN3CC=C(c4cc(CCc5ccc(Cl)cc5F)ccc4F)CC3)n(C[C@@H]3CCO3)c2c1. The molecule has 4 aromatic rings. The molecule has 0 amide bonds. The highest BCUT2D eigenvalue weighted by Gasteiger charge is 2.24. The fourth-order valence-electron chi connectivity index (χ4n) is 5.54. The highest BCUT2D eigenvalue weighted by Crippen LogP contribution is 2.29. The van der Waals surface area contributed by atoms with E-state index in [4.69, 9.17) is 21.3 Å². The summed E-state index contributed by atoms with van der Waals surface area (Å²) in [6, 6.07) is 14.8. The van der Waals surface area contributed by atoms with Gasteiger partial charge in [0, 0.05) is 30.3 Å². The third-order valence-electron chi connectivity index (χ3n) is 7.99. The van der Waals surface area contributed by atoms with Crippen molar-refractivity contribution in [2.45, 2.75) is 44.9 Å². The lowest BCUT2D eigenvalue weighted by atomic mass is 9.95. The van der Waals surface area contributed by atoms with E-state index >= 15 is 0 Å². The Bertz CT molecular complexity index is 1650. The van der Waals surface area contributed by atoms with Crippen molar-refractivity contribution in [1.29, 1.82) is 0 Å². The van der Waals surface area contributed by atoms with Crippen LogP contribution < -0.4 is 0 Å². The first-order valence-corrected chi connectivity index (χ1v) is 14.2. The number of carboxylic acid groups (broad SMARTS) is 1. The van der Waals surface area contributed by atoms with Crippen LogP contribution in [0, 0.1) is 11.6 Å². The molecule has 0 spiro atoms. The van der Waals surface area contributed by atoms with Crippen LogP contribution in [0.5, 0.6) is 0 Å². The number of halogens is 3. The topological polar surface area (TPSA) is 67.6 Å². The summed E-state index contributed by atoms with van der Waals surface area (Å²) in [5.41, 5.74) is 4.87. The minimum atomic E-state index is -0.969. The Labute approximate surface area is 241 Å². The summed E-state index contributed by atoms with van der Waals surface area (Å²) in [7, 11) is 0. The Hall–Kier alpha value is -3.59. The number of hydrogen-bond acceptors (Lipinski definition) is 4. The lowest BCUT2D eigenvalue weighted by Gasteiger charge is -2.29. The Kier molecular flexibility index (Phi) is 7.88. The average molecular weight is 578 g/mol. The number of imidazole rings is 1. The van der Waals surface area contributed by atoms with E-state index < -0.39 is 5.97 Å². The van der Waals surface area contributed by atoms with Crippen molar-refractivity contribution in [2.24, 2.45) is 0 Å². The maximum atomic E-state index is 14.9. The second-order valence-corrected chi connectivity index (χ2v) is 11.1. The molecule has 0 unspecified atom stereocenters. The van der Waals surface area contributed by atoms with Gasteiger partial charge in [-0.2, -0.15) is 0 Å². The average Bonchev–Trinajstić information content (AvgIpc) is 3.27. The molecular weight excluding hydrogens is 548 g/mol. The Morgan fingerprint density at radius 2 is 1.93 bits per heavy atom. The quantitative estimate of drug-likeness (QED) is 0.245. The zero-order valence-electron chi connectivity index (χ0n) is 22.5. The molecule has 3 heterocycles. The lowest BCUT2D eigenvalue weighted by Crippen LogP contribution is -2.33. The van der Waals surface area contributed by atoms with E-state index in [2.05, 4.69) is 15.5 Å². The molecule has 0 saturated carbocycles. The van der Waals surface area contributed by atoms with Gasteiger partial charge in [-0.25, -0.2) is 18.6 Å². The third kappa shape index (κ3) is 6.05. The molecule has 0 aliphatic carbocycles. The van der Waals surface area contributed by atoms with E-state index in [1.54, 1.807) is 36.4 Å². The molecule has 1 fully saturated rings.